The van der Waals surface area contributed by atoms with E-state index in [0.29, 0.717) is 0 Å². The van der Waals surface area contributed by atoms with Crippen molar-refractivity contribution in [3.05, 3.63) is 86.9 Å². The summed E-state index contributed by atoms with van der Waals surface area (Å²) in [4.78, 5) is 7.37. The second-order valence-electron chi connectivity index (χ2n) is 8.29. The molecule has 0 saturated carbocycles. The summed E-state index contributed by atoms with van der Waals surface area (Å²) in [5.74, 6) is 0. The molecule has 0 N–H and O–H groups in total. The Morgan fingerprint density at radius 1 is 0.938 bits per heavy atom. The summed E-state index contributed by atoms with van der Waals surface area (Å²) in [6, 6.07) is 17.6. The molecule has 4 nitrogen and oxygen atoms in total. The predicted molar refractivity (Wildman–Crippen MR) is 127 cm³/mol. The first-order valence-electron chi connectivity index (χ1n) is 11.3. The van der Waals surface area contributed by atoms with Gasteiger partial charge in [-0.25, -0.2) is 0 Å². The van der Waals surface area contributed by atoms with E-state index in [1.165, 1.54) is 53.6 Å². The van der Waals surface area contributed by atoms with Gasteiger partial charge >= 0.3 is 151 Å². The number of aromatic nitrogens is 3. The number of halogens is 1. The Balaban J connectivity index is 1.33. The molecule has 1 aliphatic heterocycles. The summed E-state index contributed by atoms with van der Waals surface area (Å²) in [6.07, 6.45) is 11.2. The van der Waals surface area contributed by atoms with E-state index in [1.807, 2.05) is 21.0 Å². The van der Waals surface area contributed by atoms with Gasteiger partial charge in [-0.2, -0.15) is 0 Å². The van der Waals surface area contributed by atoms with Crippen LogP contribution in [0, 0.1) is 3.57 Å². The summed E-state index contributed by atoms with van der Waals surface area (Å²) in [6.45, 7) is 7.58. The molecule has 0 spiro atoms. The zero-order chi connectivity index (χ0) is 21.8. The normalized spacial score (nSPS) is 14.8. The number of piperidine rings is 1. The maximum absolute atomic E-state index is 4.77. The van der Waals surface area contributed by atoms with E-state index in [9.17, 15) is 0 Å². The Labute approximate surface area is 200 Å². The molecule has 5 rings (SSSR count). The molecule has 4 aromatic rings. The molecule has 0 atom stereocenters. The molecule has 2 aromatic carbocycles. The Bertz CT molecular complexity index is 1210. The molecule has 1 fully saturated rings. The van der Waals surface area contributed by atoms with Gasteiger partial charge in [0.25, 0.3) is 0 Å². The predicted octanol–water partition coefficient (Wildman–Crippen LogP) is 2.49. The van der Waals surface area contributed by atoms with Crippen molar-refractivity contribution in [2.45, 2.75) is 25.7 Å². The van der Waals surface area contributed by atoms with E-state index >= 15 is 0 Å². The van der Waals surface area contributed by atoms with E-state index < -0.39 is 0 Å². The molecule has 0 amide bonds. The number of fused-ring (bicyclic) bond motifs is 1. The number of likely N-dealkylation sites (tertiary alicyclic amines) is 1. The van der Waals surface area contributed by atoms with E-state index in [0.717, 1.165) is 28.8 Å². The molecule has 3 heterocycles. The Morgan fingerprint density at radius 2 is 1.78 bits per heavy atom. The molecular formula is C27H28IN4-. The summed E-state index contributed by atoms with van der Waals surface area (Å²) >= 11 is -0.141. The first-order chi connectivity index (χ1) is 15.8. The number of benzene rings is 2. The van der Waals surface area contributed by atoms with Gasteiger partial charge in [-0.05, 0) is 32.4 Å². The van der Waals surface area contributed by atoms with E-state index in [4.69, 9.17) is 4.98 Å². The van der Waals surface area contributed by atoms with Gasteiger partial charge in [0.1, 0.15) is 0 Å². The van der Waals surface area contributed by atoms with Crippen LogP contribution >= 0.6 is 0 Å². The van der Waals surface area contributed by atoms with E-state index in [1.54, 1.807) is 0 Å². The molecule has 0 aliphatic carbocycles. The first kappa shape index (κ1) is 21.3. The fourth-order valence-corrected chi connectivity index (χ4v) is 5.81. The van der Waals surface area contributed by atoms with Crippen molar-refractivity contribution in [2.75, 3.05) is 19.6 Å². The number of nitrogens with zero attached hydrogens (tertiary/aromatic N) is 4. The molecule has 5 heteroatoms. The van der Waals surface area contributed by atoms with Crippen molar-refractivity contribution in [1.29, 1.82) is 0 Å². The minimum absolute atomic E-state index is 0.141. The third-order valence-electron chi connectivity index (χ3n) is 6.15. The monoisotopic (exact) mass is 535 g/mol. The van der Waals surface area contributed by atoms with Crippen LogP contribution in [0.15, 0.2) is 77.8 Å². The van der Waals surface area contributed by atoms with Crippen LogP contribution in [0.5, 0.6) is 0 Å². The van der Waals surface area contributed by atoms with Crippen LogP contribution in [0.1, 0.15) is 24.8 Å². The second kappa shape index (κ2) is 9.96. The number of rotatable bonds is 7. The molecule has 164 valence electrons. The summed E-state index contributed by atoms with van der Waals surface area (Å²) < 4.78 is 5.29. The molecule has 0 bridgehead atoms. The van der Waals surface area contributed by atoms with E-state index in [2.05, 4.69) is 71.3 Å². The standard InChI is InChI=1S/C27H28IN4/c1-2-28-25-8-6-7-23(17-25)26-19-30-32-20-24(18-29-27(26)32)22-11-9-21(10-12-22)13-16-31-14-4-3-5-15-31/h2,6-12,17-20H,1,3-5,13-16H2/q-1. The first-order valence-corrected chi connectivity index (χ1v) is 13.6. The quantitative estimate of drug-likeness (QED) is 0.341. The summed E-state index contributed by atoms with van der Waals surface area (Å²) in [7, 11) is 0. The fraction of sp³-hybridized carbons (Fsp3) is 0.259. The molecule has 32 heavy (non-hydrogen) atoms. The van der Waals surface area contributed by atoms with Gasteiger partial charge in [0.2, 0.25) is 0 Å². The van der Waals surface area contributed by atoms with Crippen LogP contribution in [-0.2, 0) is 6.42 Å². The zero-order valence-corrected chi connectivity index (χ0v) is 20.4. The van der Waals surface area contributed by atoms with Crippen LogP contribution in [0.4, 0.5) is 0 Å². The maximum atomic E-state index is 4.77. The van der Waals surface area contributed by atoms with Gasteiger partial charge in [-0.15, -0.1) is 0 Å². The zero-order valence-electron chi connectivity index (χ0n) is 18.3. The van der Waals surface area contributed by atoms with Gasteiger partial charge in [0.05, 0.1) is 0 Å². The molecule has 0 unspecified atom stereocenters. The average Bonchev–Trinajstić information content (AvgIpc) is 3.27. The van der Waals surface area contributed by atoms with Gasteiger partial charge in [-0.3, -0.25) is 0 Å². The third-order valence-corrected chi connectivity index (χ3v) is 7.98. The average molecular weight is 535 g/mol. The van der Waals surface area contributed by atoms with Crippen molar-refractivity contribution in [1.82, 2.24) is 19.5 Å². The van der Waals surface area contributed by atoms with Crippen LogP contribution in [0.3, 0.4) is 0 Å². The molecule has 0 radical (unpaired) electrons. The SMILES string of the molecule is C=C[I-]c1cccc(-c2cnn3cc(-c4ccc(CCN5CCCCC5)cc4)cnc23)c1. The van der Waals surface area contributed by atoms with Crippen LogP contribution in [0.25, 0.3) is 27.9 Å². The van der Waals surface area contributed by atoms with Gasteiger partial charge < -0.3 is 4.90 Å². The summed E-state index contributed by atoms with van der Waals surface area (Å²) in [5, 5.41) is 4.59. The molecule has 1 aliphatic rings. The van der Waals surface area contributed by atoms with E-state index in [-0.39, 0.29) is 21.2 Å². The van der Waals surface area contributed by atoms with Gasteiger partial charge in [-0.1, -0.05) is 6.42 Å². The Hall–Kier alpha value is -2.51. The van der Waals surface area contributed by atoms with Crippen LogP contribution in [-0.4, -0.2) is 39.1 Å². The third kappa shape index (κ3) is 4.79. The van der Waals surface area contributed by atoms with Gasteiger partial charge in [0.15, 0.2) is 0 Å². The molecule has 2 aromatic heterocycles. The topological polar surface area (TPSA) is 33.4 Å². The fourth-order valence-electron chi connectivity index (χ4n) is 4.37. The van der Waals surface area contributed by atoms with Crippen LogP contribution in [0.2, 0.25) is 0 Å². The second-order valence-corrected chi connectivity index (χ2v) is 11.0. The van der Waals surface area contributed by atoms with Crippen molar-refractivity contribution in [3.63, 3.8) is 0 Å². The van der Waals surface area contributed by atoms with Crippen molar-refractivity contribution in [3.8, 4) is 22.3 Å². The molecule has 1 saturated heterocycles. The van der Waals surface area contributed by atoms with Crippen LogP contribution < -0.4 is 21.2 Å². The number of hydrogen-bond acceptors (Lipinski definition) is 3. The summed E-state index contributed by atoms with van der Waals surface area (Å²) in [5.41, 5.74) is 6.78. The van der Waals surface area contributed by atoms with Crippen molar-refractivity contribution >= 4 is 5.65 Å². The minimum atomic E-state index is -0.141. The van der Waals surface area contributed by atoms with Gasteiger partial charge in [0, 0.05) is 6.54 Å². The Morgan fingerprint density at radius 3 is 2.59 bits per heavy atom. The number of hydrogen-bond donors (Lipinski definition) is 0. The van der Waals surface area contributed by atoms with Crippen molar-refractivity contribution < 1.29 is 21.2 Å². The Kier molecular flexibility index (Phi) is 6.64. The molecular weight excluding hydrogens is 507 g/mol. The van der Waals surface area contributed by atoms with Crippen molar-refractivity contribution in [2.24, 2.45) is 0 Å².